The Labute approximate surface area is 230 Å². The number of nitrogens with one attached hydrogen (secondary N) is 1. The molecular formula is C29H36ClN7O. The fraction of sp³-hybridized carbons (Fsp3) is 0.483. The molecule has 3 heterocycles. The molecule has 9 heteroatoms. The van der Waals surface area contributed by atoms with Crippen LogP contribution in [0.25, 0.3) is 6.08 Å². The number of amidine groups is 1. The Balaban J connectivity index is 1.24. The van der Waals surface area contributed by atoms with Gasteiger partial charge in [-0.3, -0.25) is 9.89 Å². The van der Waals surface area contributed by atoms with Crippen molar-refractivity contribution in [2.45, 2.75) is 26.2 Å². The molecule has 1 N–H and O–H groups in total. The molecule has 1 saturated heterocycles. The molecule has 1 saturated carbocycles. The normalized spacial score (nSPS) is 19.4. The third kappa shape index (κ3) is 5.72. The minimum atomic E-state index is 0.283. The third-order valence-corrected chi connectivity index (χ3v) is 8.05. The summed E-state index contributed by atoms with van der Waals surface area (Å²) in [6, 6.07) is 6.29. The van der Waals surface area contributed by atoms with Gasteiger partial charge in [0.05, 0.1) is 11.6 Å². The van der Waals surface area contributed by atoms with Gasteiger partial charge in [0, 0.05) is 50.9 Å². The van der Waals surface area contributed by atoms with Crippen LogP contribution in [-0.4, -0.2) is 85.5 Å². The smallest absolute Gasteiger partial charge is 0.325 e. The van der Waals surface area contributed by atoms with E-state index in [2.05, 4.69) is 59.3 Å². The molecule has 0 radical (unpaired) electrons. The van der Waals surface area contributed by atoms with Crippen molar-refractivity contribution in [3.8, 4) is 11.8 Å². The maximum atomic E-state index is 6.77. The van der Waals surface area contributed by atoms with E-state index in [1.165, 1.54) is 29.6 Å². The predicted octanol–water partition coefficient (Wildman–Crippen LogP) is 4.73. The first kappa shape index (κ1) is 25.3. The van der Waals surface area contributed by atoms with E-state index in [-0.39, 0.29) is 6.01 Å². The van der Waals surface area contributed by atoms with Crippen molar-refractivity contribution in [2.75, 3.05) is 70.1 Å². The standard InChI is InChI=1S/C29H36ClN7O/c1-19-14-21-6-7-24(28(30)23(21)15-19)38-29-33-26(32-25-16-22(18-31-25)20-4-5-20)17-27(34-29)37-12-10-36(11-13-37)9-8-35(2)3/h6-7,15-17,20H,4-5,8-14,18H2,1-3H3,(H,31,32,33,34). The zero-order valence-electron chi connectivity index (χ0n) is 22.5. The number of anilines is 2. The van der Waals surface area contributed by atoms with Gasteiger partial charge in [0.1, 0.15) is 23.2 Å². The van der Waals surface area contributed by atoms with Crippen LogP contribution in [0, 0.1) is 5.92 Å². The van der Waals surface area contributed by atoms with E-state index in [0.29, 0.717) is 22.5 Å². The molecule has 1 aromatic heterocycles. The van der Waals surface area contributed by atoms with Gasteiger partial charge in [0.2, 0.25) is 0 Å². The highest BCUT2D eigenvalue weighted by Gasteiger charge is 2.28. The highest BCUT2D eigenvalue weighted by molar-refractivity contribution is 6.33. The number of halogens is 1. The molecule has 4 aliphatic rings. The van der Waals surface area contributed by atoms with Crippen molar-refractivity contribution in [1.82, 2.24) is 19.8 Å². The van der Waals surface area contributed by atoms with Gasteiger partial charge in [-0.25, -0.2) is 0 Å². The molecule has 0 atom stereocenters. The number of allylic oxidation sites excluding steroid dienone is 1. The number of aromatic nitrogens is 2. The summed E-state index contributed by atoms with van der Waals surface area (Å²) in [5.74, 6) is 3.67. The zero-order valence-corrected chi connectivity index (χ0v) is 23.3. The van der Waals surface area contributed by atoms with Crippen molar-refractivity contribution in [3.05, 3.63) is 51.6 Å². The van der Waals surface area contributed by atoms with Gasteiger partial charge in [0.25, 0.3) is 0 Å². The van der Waals surface area contributed by atoms with E-state index in [0.717, 1.165) is 69.5 Å². The number of fused-ring (bicyclic) bond motifs is 1. The SMILES string of the molecule is CC1=Cc2c(ccc(Oc3nc(NC4=NCC(C5CC5)=C4)cc(N4CCN(CCN(C)C)CC4)n3)c2Cl)C1. The lowest BCUT2D eigenvalue weighted by molar-refractivity contribution is 0.229. The van der Waals surface area contributed by atoms with Crippen molar-refractivity contribution >= 4 is 35.1 Å². The van der Waals surface area contributed by atoms with Crippen LogP contribution in [0.4, 0.5) is 11.6 Å². The number of hydrogen-bond acceptors (Lipinski definition) is 8. The maximum absolute atomic E-state index is 6.77. The average molecular weight is 534 g/mol. The average Bonchev–Trinajstić information content (AvgIpc) is 3.53. The minimum Gasteiger partial charge on any atom is -0.423 e. The van der Waals surface area contributed by atoms with Crippen molar-refractivity contribution < 1.29 is 4.74 Å². The lowest BCUT2D eigenvalue weighted by atomic mass is 10.1. The fourth-order valence-electron chi connectivity index (χ4n) is 5.28. The Morgan fingerprint density at radius 2 is 1.92 bits per heavy atom. The number of likely N-dealkylation sites (N-methyl/N-ethyl adjacent to an activating group) is 1. The second-order valence-electron chi connectivity index (χ2n) is 11.1. The van der Waals surface area contributed by atoms with E-state index in [4.69, 9.17) is 31.3 Å². The minimum absolute atomic E-state index is 0.283. The first-order valence-corrected chi connectivity index (χ1v) is 14.0. The number of aliphatic imine (C=N–C) groups is 1. The van der Waals surface area contributed by atoms with Crippen molar-refractivity contribution in [2.24, 2.45) is 10.9 Å². The van der Waals surface area contributed by atoms with Crippen LogP contribution in [0.2, 0.25) is 5.02 Å². The summed E-state index contributed by atoms with van der Waals surface area (Å²) in [4.78, 5) is 21.3. The Kier molecular flexibility index (Phi) is 7.12. The molecule has 6 rings (SSSR count). The molecule has 0 bridgehead atoms. The van der Waals surface area contributed by atoms with Gasteiger partial charge in [-0.15, -0.1) is 0 Å². The van der Waals surface area contributed by atoms with E-state index in [1.54, 1.807) is 0 Å². The Bertz CT molecular complexity index is 1310. The van der Waals surface area contributed by atoms with Gasteiger partial charge >= 0.3 is 6.01 Å². The number of ether oxygens (including phenoxy) is 1. The summed E-state index contributed by atoms with van der Waals surface area (Å²) in [6.45, 7) is 8.84. The van der Waals surface area contributed by atoms with Crippen LogP contribution < -0.4 is 15.0 Å². The number of benzene rings is 1. The first-order valence-electron chi connectivity index (χ1n) is 13.6. The van der Waals surface area contributed by atoms with Crippen molar-refractivity contribution in [3.63, 3.8) is 0 Å². The summed E-state index contributed by atoms with van der Waals surface area (Å²) < 4.78 is 6.24. The van der Waals surface area contributed by atoms with Crippen LogP contribution >= 0.6 is 11.6 Å². The number of rotatable bonds is 8. The van der Waals surface area contributed by atoms with E-state index >= 15 is 0 Å². The topological polar surface area (TPSA) is 69.1 Å². The summed E-state index contributed by atoms with van der Waals surface area (Å²) in [5, 5.41) is 4.03. The number of hydrogen-bond donors (Lipinski definition) is 1. The molecule has 8 nitrogen and oxygen atoms in total. The monoisotopic (exact) mass is 533 g/mol. The van der Waals surface area contributed by atoms with Gasteiger partial charge in [-0.1, -0.05) is 29.3 Å². The largest absolute Gasteiger partial charge is 0.423 e. The van der Waals surface area contributed by atoms with Gasteiger partial charge in [0.15, 0.2) is 0 Å². The first-order chi connectivity index (χ1) is 18.4. The molecule has 0 unspecified atom stereocenters. The van der Waals surface area contributed by atoms with E-state index in [9.17, 15) is 0 Å². The highest BCUT2D eigenvalue weighted by Crippen LogP contribution is 2.39. The highest BCUT2D eigenvalue weighted by atomic mass is 35.5. The number of piperazine rings is 1. The molecule has 0 amide bonds. The molecule has 2 aromatic rings. The van der Waals surface area contributed by atoms with Crippen molar-refractivity contribution in [1.29, 1.82) is 0 Å². The lowest BCUT2D eigenvalue weighted by Gasteiger charge is -2.36. The molecular weight excluding hydrogens is 498 g/mol. The predicted molar refractivity (Wildman–Crippen MR) is 155 cm³/mol. The molecule has 2 fully saturated rings. The zero-order chi connectivity index (χ0) is 26.2. The van der Waals surface area contributed by atoms with Gasteiger partial charge in [-0.2, -0.15) is 9.97 Å². The quantitative estimate of drug-likeness (QED) is 0.526. The molecule has 0 spiro atoms. The summed E-state index contributed by atoms with van der Waals surface area (Å²) in [6.07, 6.45) is 7.79. The Morgan fingerprint density at radius 1 is 1.11 bits per heavy atom. The second kappa shape index (κ2) is 10.7. The molecule has 38 heavy (non-hydrogen) atoms. The summed E-state index contributed by atoms with van der Waals surface area (Å²) >= 11 is 6.77. The fourth-order valence-corrected chi connectivity index (χ4v) is 5.55. The second-order valence-corrected chi connectivity index (χ2v) is 11.4. The Hall–Kier alpha value is -2.94. The van der Waals surface area contributed by atoms with Crippen LogP contribution in [0.5, 0.6) is 11.8 Å². The van der Waals surface area contributed by atoms with Gasteiger partial charge in [-0.05, 0) is 69.5 Å². The third-order valence-electron chi connectivity index (χ3n) is 7.66. The molecule has 2 aliphatic carbocycles. The summed E-state index contributed by atoms with van der Waals surface area (Å²) in [5.41, 5.74) is 4.97. The van der Waals surface area contributed by atoms with E-state index in [1.807, 2.05) is 12.1 Å². The van der Waals surface area contributed by atoms with Crippen LogP contribution in [0.1, 0.15) is 30.9 Å². The molecule has 200 valence electrons. The Morgan fingerprint density at radius 3 is 2.68 bits per heavy atom. The van der Waals surface area contributed by atoms with E-state index < -0.39 is 0 Å². The maximum Gasteiger partial charge on any atom is 0.325 e. The lowest BCUT2D eigenvalue weighted by Crippen LogP contribution is -2.48. The van der Waals surface area contributed by atoms with Crippen LogP contribution in [0.15, 0.2) is 40.4 Å². The van der Waals surface area contributed by atoms with Gasteiger partial charge < -0.3 is 19.9 Å². The number of nitrogens with zero attached hydrogens (tertiary/aromatic N) is 6. The molecule has 1 aromatic carbocycles. The van der Waals surface area contributed by atoms with Crippen LogP contribution in [-0.2, 0) is 6.42 Å². The molecule has 2 aliphatic heterocycles. The summed E-state index contributed by atoms with van der Waals surface area (Å²) in [7, 11) is 4.24. The van der Waals surface area contributed by atoms with Crippen LogP contribution in [0.3, 0.4) is 0 Å².